The molecule has 222 valence electrons. The second-order valence-electron chi connectivity index (χ2n) is 10.4. The van der Waals surface area contributed by atoms with E-state index in [-0.39, 0.29) is 29.8 Å². The first kappa shape index (κ1) is 30.0. The van der Waals surface area contributed by atoms with E-state index < -0.39 is 0 Å². The number of amides is 1. The van der Waals surface area contributed by atoms with Gasteiger partial charge in [0.05, 0.1) is 19.1 Å². The highest BCUT2D eigenvalue weighted by molar-refractivity contribution is 6.03. The third-order valence-electron chi connectivity index (χ3n) is 7.29. The molecule has 7 nitrogen and oxygen atoms in total. The topological polar surface area (TPSA) is 82.1 Å². The molecule has 0 saturated carbocycles. The SMILES string of the molecule is COc1ccc(N2C(=O)[C@H](C/C=C/c3ccc(OC(C)=O)cc3)[C@H]2c2ccc(/C=C/c3ccc(OC(C)=O)cc3)cc2)cc1. The summed E-state index contributed by atoms with van der Waals surface area (Å²) in [6, 6.07) is 30.2. The van der Waals surface area contributed by atoms with E-state index in [9.17, 15) is 14.4 Å². The van der Waals surface area contributed by atoms with Gasteiger partial charge in [-0.2, -0.15) is 0 Å². The van der Waals surface area contributed by atoms with Gasteiger partial charge in [0.25, 0.3) is 0 Å². The summed E-state index contributed by atoms with van der Waals surface area (Å²) in [5, 5.41) is 0. The van der Waals surface area contributed by atoms with Crippen molar-refractivity contribution in [2.24, 2.45) is 5.92 Å². The van der Waals surface area contributed by atoms with Crippen molar-refractivity contribution in [1.29, 1.82) is 0 Å². The molecule has 4 aromatic carbocycles. The standard InChI is InChI=1S/C37H33NO6/c1-25(39)43-33-19-11-27(12-20-33)5-4-6-35-36(38(37(35)41)31-17-23-32(42-3)24-18-31)30-15-9-28(10-16-30)7-8-29-13-21-34(22-14-29)44-26(2)40/h4-5,7-24,35-36H,6H2,1-3H3/b5-4+,8-7+/t35-,36-/m1/s1. The number of esters is 2. The Morgan fingerprint density at radius 2 is 1.11 bits per heavy atom. The number of carbonyl (C=O) groups excluding carboxylic acids is 3. The predicted octanol–water partition coefficient (Wildman–Crippen LogP) is 7.52. The Bertz CT molecular complexity index is 1670. The summed E-state index contributed by atoms with van der Waals surface area (Å²) < 4.78 is 15.5. The van der Waals surface area contributed by atoms with Crippen molar-refractivity contribution in [1.82, 2.24) is 0 Å². The van der Waals surface area contributed by atoms with Crippen LogP contribution in [0.15, 0.2) is 103 Å². The molecule has 2 atom stereocenters. The van der Waals surface area contributed by atoms with Gasteiger partial charge in [-0.05, 0) is 77.2 Å². The first-order chi connectivity index (χ1) is 21.3. The molecule has 44 heavy (non-hydrogen) atoms. The van der Waals surface area contributed by atoms with Gasteiger partial charge in [-0.3, -0.25) is 14.4 Å². The van der Waals surface area contributed by atoms with E-state index in [1.807, 2.05) is 89.9 Å². The molecule has 4 aromatic rings. The molecule has 5 rings (SSSR count). The molecule has 0 radical (unpaired) electrons. The number of allylic oxidation sites excluding steroid dienone is 1. The Labute approximate surface area is 257 Å². The maximum atomic E-state index is 13.5. The number of nitrogens with zero attached hydrogens (tertiary/aromatic N) is 1. The molecule has 1 fully saturated rings. The fourth-order valence-corrected chi connectivity index (χ4v) is 5.16. The number of benzene rings is 4. The minimum Gasteiger partial charge on any atom is -0.497 e. The van der Waals surface area contributed by atoms with Gasteiger partial charge < -0.3 is 19.1 Å². The van der Waals surface area contributed by atoms with Crippen LogP contribution in [-0.2, 0) is 14.4 Å². The van der Waals surface area contributed by atoms with E-state index >= 15 is 0 Å². The van der Waals surface area contributed by atoms with E-state index in [0.717, 1.165) is 33.7 Å². The van der Waals surface area contributed by atoms with E-state index in [4.69, 9.17) is 14.2 Å². The van der Waals surface area contributed by atoms with Gasteiger partial charge in [0, 0.05) is 19.5 Å². The summed E-state index contributed by atoms with van der Waals surface area (Å²) in [5.74, 6) is 0.876. The van der Waals surface area contributed by atoms with E-state index in [2.05, 4.69) is 12.1 Å². The zero-order valence-electron chi connectivity index (χ0n) is 24.8. The second kappa shape index (κ2) is 13.7. The third kappa shape index (κ3) is 7.31. The van der Waals surface area contributed by atoms with E-state index in [1.54, 1.807) is 31.4 Å². The van der Waals surface area contributed by atoms with Crippen LogP contribution in [0.5, 0.6) is 17.2 Å². The Morgan fingerprint density at radius 3 is 1.59 bits per heavy atom. The monoisotopic (exact) mass is 587 g/mol. The fraction of sp³-hybridized carbons (Fsp3) is 0.162. The zero-order chi connectivity index (χ0) is 31.1. The summed E-state index contributed by atoms with van der Waals surface area (Å²) in [5.41, 5.74) is 4.82. The maximum Gasteiger partial charge on any atom is 0.308 e. The van der Waals surface area contributed by atoms with Gasteiger partial charge in [-0.25, -0.2) is 0 Å². The molecule has 0 spiro atoms. The number of hydrogen-bond acceptors (Lipinski definition) is 6. The van der Waals surface area contributed by atoms with Crippen LogP contribution in [0.1, 0.15) is 48.6 Å². The summed E-state index contributed by atoms with van der Waals surface area (Å²) in [7, 11) is 1.62. The van der Waals surface area contributed by atoms with Crippen molar-refractivity contribution in [3.8, 4) is 17.2 Å². The first-order valence-corrected chi connectivity index (χ1v) is 14.3. The molecule has 7 heteroatoms. The highest BCUT2D eigenvalue weighted by Crippen LogP contribution is 2.45. The lowest BCUT2D eigenvalue weighted by atomic mass is 9.79. The quantitative estimate of drug-likeness (QED) is 0.0826. The van der Waals surface area contributed by atoms with Crippen molar-refractivity contribution in [2.75, 3.05) is 12.0 Å². The smallest absolute Gasteiger partial charge is 0.308 e. The van der Waals surface area contributed by atoms with Gasteiger partial charge in [0.1, 0.15) is 17.2 Å². The minimum absolute atomic E-state index is 0.0659. The van der Waals surface area contributed by atoms with Crippen LogP contribution in [0.3, 0.4) is 0 Å². The molecule has 0 aliphatic carbocycles. The normalized spacial score (nSPS) is 16.2. The molecule has 1 saturated heterocycles. The first-order valence-electron chi connectivity index (χ1n) is 14.3. The van der Waals surface area contributed by atoms with Crippen molar-refractivity contribution in [3.05, 3.63) is 125 Å². The number of β-lactam (4-membered cyclic amide) rings is 1. The molecule has 1 amide bonds. The van der Waals surface area contributed by atoms with Crippen LogP contribution >= 0.6 is 0 Å². The van der Waals surface area contributed by atoms with Crippen LogP contribution in [0, 0.1) is 5.92 Å². The van der Waals surface area contributed by atoms with Crippen LogP contribution in [0.2, 0.25) is 0 Å². The van der Waals surface area contributed by atoms with Crippen LogP contribution in [-0.4, -0.2) is 25.0 Å². The Balaban J connectivity index is 1.32. The number of rotatable bonds is 10. The van der Waals surface area contributed by atoms with Gasteiger partial charge >= 0.3 is 11.9 Å². The largest absolute Gasteiger partial charge is 0.497 e. The summed E-state index contributed by atoms with van der Waals surface area (Å²) in [4.78, 5) is 37.6. The minimum atomic E-state index is -0.361. The molecule has 0 aromatic heterocycles. The van der Waals surface area contributed by atoms with Gasteiger partial charge in [0.15, 0.2) is 0 Å². The van der Waals surface area contributed by atoms with Crippen LogP contribution < -0.4 is 19.1 Å². The Hall–Kier alpha value is -5.43. The lowest BCUT2D eigenvalue weighted by molar-refractivity contribution is -0.132. The van der Waals surface area contributed by atoms with Gasteiger partial charge in [0.2, 0.25) is 5.91 Å². The fourth-order valence-electron chi connectivity index (χ4n) is 5.16. The number of hydrogen-bond donors (Lipinski definition) is 0. The number of carbonyl (C=O) groups is 3. The Kier molecular flexibility index (Phi) is 9.35. The van der Waals surface area contributed by atoms with Gasteiger partial charge in [-0.15, -0.1) is 0 Å². The van der Waals surface area contributed by atoms with Crippen molar-refractivity contribution in [2.45, 2.75) is 26.3 Å². The van der Waals surface area contributed by atoms with Crippen LogP contribution in [0.25, 0.3) is 18.2 Å². The van der Waals surface area contributed by atoms with Crippen molar-refractivity contribution >= 4 is 41.8 Å². The number of ether oxygens (including phenoxy) is 3. The highest BCUT2D eigenvalue weighted by atomic mass is 16.5. The molecule has 1 heterocycles. The molecular formula is C37H33NO6. The second-order valence-corrected chi connectivity index (χ2v) is 10.4. The zero-order valence-corrected chi connectivity index (χ0v) is 24.8. The Morgan fingerprint density at radius 1 is 0.659 bits per heavy atom. The highest BCUT2D eigenvalue weighted by Gasteiger charge is 2.47. The lowest BCUT2D eigenvalue weighted by Crippen LogP contribution is -2.55. The summed E-state index contributed by atoms with van der Waals surface area (Å²) in [6.07, 6.45) is 8.59. The van der Waals surface area contributed by atoms with Gasteiger partial charge in [-0.1, -0.05) is 72.8 Å². The maximum absolute atomic E-state index is 13.5. The molecule has 0 N–H and O–H groups in total. The average molecular weight is 588 g/mol. The average Bonchev–Trinajstić information content (AvgIpc) is 3.02. The van der Waals surface area contributed by atoms with Crippen molar-refractivity contribution in [3.63, 3.8) is 0 Å². The third-order valence-corrected chi connectivity index (χ3v) is 7.29. The molecule has 0 bridgehead atoms. The molecule has 1 aliphatic rings. The number of anilines is 1. The lowest BCUT2D eigenvalue weighted by Gasteiger charge is -2.47. The van der Waals surface area contributed by atoms with E-state index in [1.165, 1.54) is 13.8 Å². The summed E-state index contributed by atoms with van der Waals surface area (Å²) >= 11 is 0. The molecule has 0 unspecified atom stereocenters. The number of methoxy groups -OCH3 is 1. The van der Waals surface area contributed by atoms with Crippen molar-refractivity contribution < 1.29 is 28.6 Å². The van der Waals surface area contributed by atoms with E-state index in [0.29, 0.717) is 17.9 Å². The molecule has 1 aliphatic heterocycles. The summed E-state index contributed by atoms with van der Waals surface area (Å²) in [6.45, 7) is 2.75. The van der Waals surface area contributed by atoms with Crippen LogP contribution in [0.4, 0.5) is 5.69 Å². The molecular weight excluding hydrogens is 554 g/mol. The predicted molar refractivity (Wildman–Crippen MR) is 171 cm³/mol.